The maximum atomic E-state index is 13.3. The SMILES string of the molecule is Cc1cccc(OCCNC(=O)c2ccncc2F)c1. The number of aromatic nitrogens is 1. The molecule has 1 aromatic heterocycles. The summed E-state index contributed by atoms with van der Waals surface area (Å²) >= 11 is 0. The van der Waals surface area contributed by atoms with Crippen molar-refractivity contribution in [2.75, 3.05) is 13.2 Å². The molecule has 0 unspecified atom stereocenters. The van der Waals surface area contributed by atoms with E-state index in [1.54, 1.807) is 0 Å². The van der Waals surface area contributed by atoms with Crippen LogP contribution in [0.2, 0.25) is 0 Å². The number of ether oxygens (including phenoxy) is 1. The third-order valence-corrected chi connectivity index (χ3v) is 2.66. The average Bonchev–Trinajstić information content (AvgIpc) is 2.44. The van der Waals surface area contributed by atoms with Crippen LogP contribution in [0.25, 0.3) is 0 Å². The van der Waals surface area contributed by atoms with Crippen LogP contribution in [0.5, 0.6) is 5.75 Å². The molecule has 0 spiro atoms. The number of benzene rings is 1. The van der Waals surface area contributed by atoms with Gasteiger partial charge in [0.1, 0.15) is 12.4 Å². The van der Waals surface area contributed by atoms with Crippen LogP contribution in [0.1, 0.15) is 15.9 Å². The van der Waals surface area contributed by atoms with E-state index in [0.29, 0.717) is 13.2 Å². The van der Waals surface area contributed by atoms with E-state index >= 15 is 0 Å². The first-order valence-corrected chi connectivity index (χ1v) is 6.24. The Balaban J connectivity index is 1.79. The summed E-state index contributed by atoms with van der Waals surface area (Å²) in [5.74, 6) is -0.364. The lowest BCUT2D eigenvalue weighted by atomic mass is 10.2. The quantitative estimate of drug-likeness (QED) is 0.851. The van der Waals surface area contributed by atoms with E-state index in [9.17, 15) is 9.18 Å². The van der Waals surface area contributed by atoms with Crippen LogP contribution in [0.4, 0.5) is 4.39 Å². The molecule has 2 aromatic rings. The number of hydrogen-bond acceptors (Lipinski definition) is 3. The summed E-state index contributed by atoms with van der Waals surface area (Å²) < 4.78 is 18.8. The highest BCUT2D eigenvalue weighted by atomic mass is 19.1. The highest BCUT2D eigenvalue weighted by Crippen LogP contribution is 2.11. The molecule has 0 atom stereocenters. The fraction of sp³-hybridized carbons (Fsp3) is 0.200. The molecule has 1 aromatic carbocycles. The Morgan fingerprint density at radius 1 is 1.40 bits per heavy atom. The van der Waals surface area contributed by atoms with E-state index < -0.39 is 11.7 Å². The lowest BCUT2D eigenvalue weighted by Gasteiger charge is -2.08. The first-order valence-electron chi connectivity index (χ1n) is 6.24. The van der Waals surface area contributed by atoms with Gasteiger partial charge in [-0.05, 0) is 30.7 Å². The van der Waals surface area contributed by atoms with E-state index in [0.717, 1.165) is 17.5 Å². The minimum absolute atomic E-state index is 0.0180. The normalized spacial score (nSPS) is 10.1. The van der Waals surface area contributed by atoms with Gasteiger partial charge in [0, 0.05) is 6.20 Å². The van der Waals surface area contributed by atoms with Gasteiger partial charge in [0.25, 0.3) is 5.91 Å². The lowest BCUT2D eigenvalue weighted by Crippen LogP contribution is -2.28. The van der Waals surface area contributed by atoms with Gasteiger partial charge < -0.3 is 10.1 Å². The maximum absolute atomic E-state index is 13.3. The summed E-state index contributed by atoms with van der Waals surface area (Å²) in [5.41, 5.74) is 1.08. The highest BCUT2D eigenvalue weighted by Gasteiger charge is 2.10. The van der Waals surface area contributed by atoms with Crippen LogP contribution < -0.4 is 10.1 Å². The van der Waals surface area contributed by atoms with Crippen molar-refractivity contribution in [1.29, 1.82) is 0 Å². The molecule has 5 heteroatoms. The van der Waals surface area contributed by atoms with E-state index in [4.69, 9.17) is 4.74 Å². The Kier molecular flexibility index (Phi) is 4.65. The number of rotatable bonds is 5. The molecule has 1 heterocycles. The highest BCUT2D eigenvalue weighted by molar-refractivity contribution is 5.94. The molecule has 1 amide bonds. The second-order valence-corrected chi connectivity index (χ2v) is 4.28. The molecule has 0 bridgehead atoms. The first-order chi connectivity index (χ1) is 9.66. The topological polar surface area (TPSA) is 51.2 Å². The van der Waals surface area contributed by atoms with Crippen molar-refractivity contribution >= 4 is 5.91 Å². The third-order valence-electron chi connectivity index (χ3n) is 2.66. The minimum atomic E-state index is -0.635. The van der Waals surface area contributed by atoms with Crippen molar-refractivity contribution in [2.24, 2.45) is 0 Å². The number of halogens is 1. The minimum Gasteiger partial charge on any atom is -0.492 e. The summed E-state index contributed by atoms with van der Waals surface area (Å²) in [7, 11) is 0. The molecular weight excluding hydrogens is 259 g/mol. The van der Waals surface area contributed by atoms with Gasteiger partial charge >= 0.3 is 0 Å². The zero-order valence-electron chi connectivity index (χ0n) is 11.1. The molecule has 1 N–H and O–H groups in total. The van der Waals surface area contributed by atoms with E-state index in [1.165, 1.54) is 12.3 Å². The summed E-state index contributed by atoms with van der Waals surface area (Å²) in [6.07, 6.45) is 2.39. The molecule has 20 heavy (non-hydrogen) atoms. The van der Waals surface area contributed by atoms with Crippen LogP contribution in [-0.4, -0.2) is 24.0 Å². The molecule has 104 valence electrons. The summed E-state index contributed by atoms with van der Waals surface area (Å²) in [5, 5.41) is 2.59. The Hall–Kier alpha value is -2.43. The number of nitrogens with zero attached hydrogens (tertiary/aromatic N) is 1. The molecule has 0 radical (unpaired) electrons. The fourth-order valence-corrected chi connectivity index (χ4v) is 1.69. The van der Waals surface area contributed by atoms with Gasteiger partial charge in [-0.3, -0.25) is 9.78 Å². The van der Waals surface area contributed by atoms with Crippen molar-refractivity contribution in [3.05, 3.63) is 59.7 Å². The van der Waals surface area contributed by atoms with Gasteiger partial charge in [-0.1, -0.05) is 12.1 Å². The predicted molar refractivity (Wildman–Crippen MR) is 73.2 cm³/mol. The molecule has 2 rings (SSSR count). The van der Waals surface area contributed by atoms with Gasteiger partial charge in [0.05, 0.1) is 18.3 Å². The molecule has 0 aliphatic heterocycles. The summed E-state index contributed by atoms with van der Waals surface area (Å²) in [4.78, 5) is 15.3. The van der Waals surface area contributed by atoms with Crippen molar-refractivity contribution in [3.8, 4) is 5.75 Å². The second kappa shape index (κ2) is 6.65. The number of amides is 1. The van der Waals surface area contributed by atoms with Crippen molar-refractivity contribution in [3.63, 3.8) is 0 Å². The van der Waals surface area contributed by atoms with Gasteiger partial charge in [-0.2, -0.15) is 0 Å². The number of aryl methyl sites for hydroxylation is 1. The smallest absolute Gasteiger partial charge is 0.254 e. The zero-order valence-corrected chi connectivity index (χ0v) is 11.1. The van der Waals surface area contributed by atoms with Crippen LogP contribution >= 0.6 is 0 Å². The zero-order chi connectivity index (χ0) is 14.4. The molecule has 0 saturated heterocycles. The number of pyridine rings is 1. The largest absolute Gasteiger partial charge is 0.492 e. The predicted octanol–water partition coefficient (Wildman–Crippen LogP) is 2.34. The van der Waals surface area contributed by atoms with Crippen LogP contribution in [0, 0.1) is 12.7 Å². The Morgan fingerprint density at radius 3 is 3.00 bits per heavy atom. The lowest BCUT2D eigenvalue weighted by molar-refractivity contribution is 0.0942. The van der Waals surface area contributed by atoms with E-state index in [-0.39, 0.29) is 5.56 Å². The standard InChI is InChI=1S/C15H15FN2O2/c1-11-3-2-4-12(9-11)20-8-7-18-15(19)13-5-6-17-10-14(13)16/h2-6,9-10H,7-8H2,1H3,(H,18,19). The van der Waals surface area contributed by atoms with Gasteiger partial charge in [0.2, 0.25) is 0 Å². The van der Waals surface area contributed by atoms with Crippen LogP contribution in [0.15, 0.2) is 42.7 Å². The van der Waals surface area contributed by atoms with Crippen LogP contribution in [0.3, 0.4) is 0 Å². The molecule has 0 aliphatic rings. The average molecular weight is 274 g/mol. The first kappa shape index (κ1) is 14.0. The monoisotopic (exact) mass is 274 g/mol. The third kappa shape index (κ3) is 3.78. The van der Waals surface area contributed by atoms with Crippen LogP contribution in [-0.2, 0) is 0 Å². The second-order valence-electron chi connectivity index (χ2n) is 4.28. The maximum Gasteiger partial charge on any atom is 0.254 e. The Morgan fingerprint density at radius 2 is 2.25 bits per heavy atom. The van der Waals surface area contributed by atoms with Crippen molar-refractivity contribution < 1.29 is 13.9 Å². The van der Waals surface area contributed by atoms with E-state index in [1.807, 2.05) is 31.2 Å². The number of carbonyl (C=O) groups is 1. The van der Waals surface area contributed by atoms with Gasteiger partial charge in [-0.15, -0.1) is 0 Å². The molecular formula is C15H15FN2O2. The number of nitrogens with one attached hydrogen (secondary N) is 1. The summed E-state index contributed by atoms with van der Waals surface area (Å²) in [6.45, 7) is 2.59. The molecule has 0 saturated carbocycles. The Labute approximate surface area is 116 Å². The molecule has 0 fully saturated rings. The molecule has 0 aliphatic carbocycles. The Bertz CT molecular complexity index is 602. The molecule has 4 nitrogen and oxygen atoms in total. The number of carbonyl (C=O) groups excluding carboxylic acids is 1. The fourth-order valence-electron chi connectivity index (χ4n) is 1.69. The van der Waals surface area contributed by atoms with Gasteiger partial charge in [0.15, 0.2) is 5.82 Å². The summed E-state index contributed by atoms with van der Waals surface area (Å²) in [6, 6.07) is 8.96. The number of hydrogen-bond donors (Lipinski definition) is 1. The van der Waals surface area contributed by atoms with Crippen molar-refractivity contribution in [1.82, 2.24) is 10.3 Å². The van der Waals surface area contributed by atoms with Gasteiger partial charge in [-0.25, -0.2) is 4.39 Å². The van der Waals surface area contributed by atoms with E-state index in [2.05, 4.69) is 10.3 Å². The van der Waals surface area contributed by atoms with Crippen molar-refractivity contribution in [2.45, 2.75) is 6.92 Å².